The minimum absolute atomic E-state index is 0.0163. The van der Waals surface area contributed by atoms with Gasteiger partial charge in [-0.25, -0.2) is 9.37 Å². The molecule has 0 radical (unpaired) electrons. The first-order valence-electron chi connectivity index (χ1n) is 8.57. The molecule has 0 saturated carbocycles. The molecule has 0 spiro atoms. The topological polar surface area (TPSA) is 65.5 Å². The molecule has 0 bridgehead atoms. The summed E-state index contributed by atoms with van der Waals surface area (Å²) in [5, 5.41) is 2.91. The van der Waals surface area contributed by atoms with E-state index in [0.717, 1.165) is 6.42 Å². The molecule has 1 N–H and O–H groups in total. The quantitative estimate of drug-likeness (QED) is 0.918. The Morgan fingerprint density at radius 3 is 2.54 bits per heavy atom. The number of amides is 2. The van der Waals surface area contributed by atoms with Gasteiger partial charge in [0.2, 0.25) is 5.91 Å². The van der Waals surface area contributed by atoms with Crippen molar-refractivity contribution >= 4 is 23.3 Å². The molecule has 0 unspecified atom stereocenters. The third-order valence-electron chi connectivity index (χ3n) is 4.39. The number of aromatic nitrogens is 1. The van der Waals surface area contributed by atoms with E-state index >= 15 is 0 Å². The molecule has 1 aromatic heterocycles. The van der Waals surface area contributed by atoms with Gasteiger partial charge in [-0.2, -0.15) is 0 Å². The fourth-order valence-corrected chi connectivity index (χ4v) is 2.97. The second-order valence-electron chi connectivity index (χ2n) is 6.16. The maximum Gasteiger partial charge on any atom is 0.257 e. The summed E-state index contributed by atoms with van der Waals surface area (Å²) in [6.45, 7) is 3.72. The van der Waals surface area contributed by atoms with Crippen LogP contribution in [0, 0.1) is 5.82 Å². The van der Waals surface area contributed by atoms with E-state index in [1.807, 2.05) is 0 Å². The van der Waals surface area contributed by atoms with Crippen molar-refractivity contribution in [3.63, 3.8) is 0 Å². The fourth-order valence-electron chi connectivity index (χ4n) is 2.97. The van der Waals surface area contributed by atoms with Crippen molar-refractivity contribution in [2.24, 2.45) is 0 Å². The molecule has 26 heavy (non-hydrogen) atoms. The smallest absolute Gasteiger partial charge is 0.257 e. The number of halogens is 1. The molecule has 1 saturated heterocycles. The summed E-state index contributed by atoms with van der Waals surface area (Å²) in [4.78, 5) is 32.2. The number of rotatable bonds is 3. The number of pyridine rings is 1. The summed E-state index contributed by atoms with van der Waals surface area (Å²) in [6, 6.07) is 9.60. The number of hydrogen-bond donors (Lipinski definition) is 1. The maximum absolute atomic E-state index is 13.9. The lowest BCUT2D eigenvalue weighted by molar-refractivity contribution is -0.128. The number of benzene rings is 1. The second-order valence-corrected chi connectivity index (χ2v) is 6.16. The standard InChI is InChI=1S/C19H21FN4O2/c1-14(25)23-10-5-11-24(13-12-23)19(26)15-6-4-9-21-18(15)22-17-8-3-2-7-16(17)20/h2-4,6-9H,5,10-13H2,1H3,(H,21,22). The summed E-state index contributed by atoms with van der Waals surface area (Å²) in [6.07, 6.45) is 2.28. The van der Waals surface area contributed by atoms with E-state index in [1.165, 1.54) is 13.0 Å². The molecule has 0 atom stereocenters. The molecule has 1 aliphatic rings. The zero-order valence-corrected chi connectivity index (χ0v) is 14.6. The first kappa shape index (κ1) is 17.8. The number of carbonyl (C=O) groups excluding carboxylic acids is 2. The highest BCUT2D eigenvalue weighted by Gasteiger charge is 2.23. The van der Waals surface area contributed by atoms with Crippen LogP contribution in [-0.4, -0.2) is 52.8 Å². The number of para-hydroxylation sites is 1. The van der Waals surface area contributed by atoms with Gasteiger partial charge in [0.1, 0.15) is 11.6 Å². The van der Waals surface area contributed by atoms with Crippen LogP contribution in [0.2, 0.25) is 0 Å². The number of nitrogens with zero attached hydrogens (tertiary/aromatic N) is 3. The van der Waals surface area contributed by atoms with Crippen LogP contribution in [0.3, 0.4) is 0 Å². The number of hydrogen-bond acceptors (Lipinski definition) is 4. The van der Waals surface area contributed by atoms with Crippen LogP contribution in [0.15, 0.2) is 42.6 Å². The van der Waals surface area contributed by atoms with Crippen molar-refractivity contribution in [2.45, 2.75) is 13.3 Å². The monoisotopic (exact) mass is 356 g/mol. The van der Waals surface area contributed by atoms with E-state index in [0.29, 0.717) is 37.6 Å². The van der Waals surface area contributed by atoms with Crippen LogP contribution in [0.4, 0.5) is 15.9 Å². The van der Waals surface area contributed by atoms with E-state index in [-0.39, 0.29) is 17.5 Å². The lowest BCUT2D eigenvalue weighted by atomic mass is 10.2. The molecular formula is C19H21FN4O2. The molecule has 0 aliphatic carbocycles. The lowest BCUT2D eigenvalue weighted by Crippen LogP contribution is -2.36. The predicted molar refractivity (Wildman–Crippen MR) is 96.7 cm³/mol. The summed E-state index contributed by atoms with van der Waals surface area (Å²) in [7, 11) is 0. The van der Waals surface area contributed by atoms with Crippen molar-refractivity contribution in [3.05, 3.63) is 54.0 Å². The first-order chi connectivity index (χ1) is 12.6. The zero-order chi connectivity index (χ0) is 18.5. The van der Waals surface area contributed by atoms with Gasteiger partial charge in [-0.1, -0.05) is 12.1 Å². The summed E-state index contributed by atoms with van der Waals surface area (Å²) in [5.74, 6) is -0.261. The van der Waals surface area contributed by atoms with Crippen LogP contribution in [0.1, 0.15) is 23.7 Å². The second kappa shape index (κ2) is 7.95. The van der Waals surface area contributed by atoms with Crippen LogP contribution in [0.5, 0.6) is 0 Å². The van der Waals surface area contributed by atoms with Crippen LogP contribution >= 0.6 is 0 Å². The molecule has 2 aromatic rings. The van der Waals surface area contributed by atoms with Crippen molar-refractivity contribution in [2.75, 3.05) is 31.5 Å². The highest BCUT2D eigenvalue weighted by molar-refractivity contribution is 5.99. The molecule has 136 valence electrons. The van der Waals surface area contributed by atoms with Gasteiger partial charge < -0.3 is 15.1 Å². The lowest BCUT2D eigenvalue weighted by Gasteiger charge is -2.22. The Hall–Kier alpha value is -2.96. The Kier molecular flexibility index (Phi) is 5.46. The van der Waals surface area contributed by atoms with Gasteiger partial charge in [0.05, 0.1) is 11.3 Å². The summed E-state index contributed by atoms with van der Waals surface area (Å²) >= 11 is 0. The van der Waals surface area contributed by atoms with Gasteiger partial charge in [-0.3, -0.25) is 9.59 Å². The zero-order valence-electron chi connectivity index (χ0n) is 14.6. The average molecular weight is 356 g/mol. The molecular weight excluding hydrogens is 335 g/mol. The molecule has 1 aromatic carbocycles. The van der Waals surface area contributed by atoms with Crippen molar-refractivity contribution in [1.29, 1.82) is 0 Å². The number of nitrogens with one attached hydrogen (secondary N) is 1. The van der Waals surface area contributed by atoms with Gasteiger partial charge in [0, 0.05) is 39.3 Å². The fraction of sp³-hybridized carbons (Fsp3) is 0.316. The predicted octanol–water partition coefficient (Wildman–Crippen LogP) is 2.66. The van der Waals surface area contributed by atoms with Gasteiger partial charge in [-0.05, 0) is 30.7 Å². The average Bonchev–Trinajstić information content (AvgIpc) is 2.90. The normalized spacial score (nSPS) is 14.7. The Bertz CT molecular complexity index is 812. The third kappa shape index (κ3) is 3.99. The van der Waals surface area contributed by atoms with Crippen LogP contribution in [0.25, 0.3) is 0 Å². The van der Waals surface area contributed by atoms with Gasteiger partial charge >= 0.3 is 0 Å². The van der Waals surface area contributed by atoms with E-state index in [4.69, 9.17) is 0 Å². The minimum Gasteiger partial charge on any atom is -0.341 e. The Morgan fingerprint density at radius 1 is 1.04 bits per heavy atom. The Morgan fingerprint density at radius 2 is 1.77 bits per heavy atom. The van der Waals surface area contributed by atoms with Crippen LogP contribution < -0.4 is 5.32 Å². The molecule has 3 rings (SSSR count). The number of carbonyl (C=O) groups is 2. The Balaban J connectivity index is 1.80. The summed E-state index contributed by atoms with van der Waals surface area (Å²) < 4.78 is 13.9. The molecule has 2 heterocycles. The van der Waals surface area contributed by atoms with Crippen molar-refractivity contribution < 1.29 is 14.0 Å². The number of anilines is 2. The maximum atomic E-state index is 13.9. The minimum atomic E-state index is -0.413. The van der Waals surface area contributed by atoms with E-state index < -0.39 is 5.82 Å². The third-order valence-corrected chi connectivity index (χ3v) is 4.39. The largest absolute Gasteiger partial charge is 0.341 e. The van der Waals surface area contributed by atoms with E-state index in [2.05, 4.69) is 10.3 Å². The molecule has 1 fully saturated rings. The molecule has 7 heteroatoms. The molecule has 2 amide bonds. The van der Waals surface area contributed by atoms with E-state index in [1.54, 1.807) is 46.3 Å². The summed E-state index contributed by atoms with van der Waals surface area (Å²) in [5.41, 5.74) is 0.644. The SMILES string of the molecule is CC(=O)N1CCCN(C(=O)c2cccnc2Nc2ccccc2F)CC1. The van der Waals surface area contributed by atoms with Gasteiger partial charge in [0.25, 0.3) is 5.91 Å². The van der Waals surface area contributed by atoms with E-state index in [9.17, 15) is 14.0 Å². The molecule has 6 nitrogen and oxygen atoms in total. The van der Waals surface area contributed by atoms with Crippen LogP contribution in [-0.2, 0) is 4.79 Å². The van der Waals surface area contributed by atoms with Crippen molar-refractivity contribution in [1.82, 2.24) is 14.8 Å². The molecule has 1 aliphatic heterocycles. The van der Waals surface area contributed by atoms with Gasteiger partial charge in [0.15, 0.2) is 0 Å². The van der Waals surface area contributed by atoms with Gasteiger partial charge in [-0.15, -0.1) is 0 Å². The first-order valence-corrected chi connectivity index (χ1v) is 8.57. The highest BCUT2D eigenvalue weighted by Crippen LogP contribution is 2.22. The highest BCUT2D eigenvalue weighted by atomic mass is 19.1. The van der Waals surface area contributed by atoms with Crippen molar-refractivity contribution in [3.8, 4) is 0 Å². The Labute approximate surface area is 151 Å².